The Morgan fingerprint density at radius 3 is 2.32 bits per heavy atom. The van der Waals surface area contributed by atoms with Crippen LogP contribution in [0.5, 0.6) is 0 Å². The van der Waals surface area contributed by atoms with Crippen LogP contribution in [-0.2, 0) is 10.5 Å². The minimum absolute atomic E-state index is 0.0279. The molecular weight excluding hydrogens is 382 g/mol. The number of amides is 1. The first kappa shape index (κ1) is 20.6. The lowest BCUT2D eigenvalue weighted by Crippen LogP contribution is -2.22. The third-order valence-electron chi connectivity index (χ3n) is 4.40. The standard InChI is InChI=1S/C24H25NOS2/c1-17-9-12-22(13-10-17)28-19(3)24(26)25-23-14-11-20(15-18(23)2)16-27-21-7-5-4-6-8-21/h4-15,19H,16H2,1-3H3,(H,25,26)/t19-/m0/s1. The van der Waals surface area contributed by atoms with Crippen molar-refractivity contribution in [1.82, 2.24) is 0 Å². The Morgan fingerprint density at radius 1 is 0.929 bits per heavy atom. The molecule has 0 aliphatic heterocycles. The lowest BCUT2D eigenvalue weighted by atomic mass is 10.1. The van der Waals surface area contributed by atoms with Crippen LogP contribution in [0.4, 0.5) is 5.69 Å². The molecule has 3 aromatic carbocycles. The molecule has 144 valence electrons. The van der Waals surface area contributed by atoms with Crippen LogP contribution < -0.4 is 5.32 Å². The van der Waals surface area contributed by atoms with Gasteiger partial charge in [-0.3, -0.25) is 4.79 Å². The van der Waals surface area contributed by atoms with Gasteiger partial charge in [-0.2, -0.15) is 0 Å². The Morgan fingerprint density at radius 2 is 1.64 bits per heavy atom. The summed E-state index contributed by atoms with van der Waals surface area (Å²) in [6.07, 6.45) is 0. The number of thioether (sulfide) groups is 2. The molecule has 1 atom stereocenters. The molecule has 0 fully saturated rings. The van der Waals surface area contributed by atoms with Crippen molar-refractivity contribution in [3.8, 4) is 0 Å². The Bertz CT molecular complexity index is 923. The van der Waals surface area contributed by atoms with Gasteiger partial charge < -0.3 is 5.32 Å². The topological polar surface area (TPSA) is 29.1 Å². The molecule has 0 unspecified atom stereocenters. The van der Waals surface area contributed by atoms with Gasteiger partial charge in [-0.05, 0) is 62.2 Å². The van der Waals surface area contributed by atoms with Gasteiger partial charge >= 0.3 is 0 Å². The maximum atomic E-state index is 12.6. The van der Waals surface area contributed by atoms with E-state index >= 15 is 0 Å². The number of aryl methyl sites for hydroxylation is 2. The van der Waals surface area contributed by atoms with Gasteiger partial charge in [-0.25, -0.2) is 0 Å². The van der Waals surface area contributed by atoms with E-state index in [1.807, 2.05) is 37.7 Å². The van der Waals surface area contributed by atoms with E-state index in [0.717, 1.165) is 21.9 Å². The quantitative estimate of drug-likeness (QED) is 0.441. The fraction of sp³-hybridized carbons (Fsp3) is 0.208. The summed E-state index contributed by atoms with van der Waals surface area (Å²) in [6.45, 7) is 6.06. The molecule has 0 saturated carbocycles. The molecule has 0 radical (unpaired) electrons. The molecule has 1 N–H and O–H groups in total. The molecule has 28 heavy (non-hydrogen) atoms. The van der Waals surface area contributed by atoms with Crippen molar-refractivity contribution in [2.75, 3.05) is 5.32 Å². The van der Waals surface area contributed by atoms with Crippen LogP contribution in [-0.4, -0.2) is 11.2 Å². The van der Waals surface area contributed by atoms with Crippen molar-refractivity contribution in [2.45, 2.75) is 41.6 Å². The van der Waals surface area contributed by atoms with E-state index in [0.29, 0.717) is 0 Å². The van der Waals surface area contributed by atoms with Gasteiger partial charge in [0.25, 0.3) is 0 Å². The Kier molecular flexibility index (Phi) is 7.24. The zero-order valence-electron chi connectivity index (χ0n) is 16.4. The number of rotatable bonds is 7. The van der Waals surface area contributed by atoms with Crippen LogP contribution in [0.1, 0.15) is 23.6 Å². The molecule has 0 aliphatic rings. The first-order valence-electron chi connectivity index (χ1n) is 9.33. The van der Waals surface area contributed by atoms with Crippen molar-refractivity contribution < 1.29 is 4.79 Å². The summed E-state index contributed by atoms with van der Waals surface area (Å²) in [6, 6.07) is 24.9. The van der Waals surface area contributed by atoms with Gasteiger partial charge in [-0.1, -0.05) is 48.0 Å². The van der Waals surface area contributed by atoms with Crippen LogP contribution in [0.15, 0.2) is 82.6 Å². The van der Waals surface area contributed by atoms with E-state index in [4.69, 9.17) is 0 Å². The van der Waals surface area contributed by atoms with E-state index < -0.39 is 0 Å². The molecular formula is C24H25NOS2. The van der Waals surface area contributed by atoms with Crippen LogP contribution in [0.25, 0.3) is 0 Å². The molecule has 0 heterocycles. The van der Waals surface area contributed by atoms with Crippen molar-refractivity contribution in [2.24, 2.45) is 0 Å². The third-order valence-corrected chi connectivity index (χ3v) is 6.60. The zero-order valence-corrected chi connectivity index (χ0v) is 18.1. The fourth-order valence-electron chi connectivity index (χ4n) is 2.75. The van der Waals surface area contributed by atoms with E-state index in [2.05, 4.69) is 72.9 Å². The second-order valence-corrected chi connectivity index (χ2v) is 9.28. The van der Waals surface area contributed by atoms with E-state index in [-0.39, 0.29) is 11.2 Å². The summed E-state index contributed by atoms with van der Waals surface area (Å²) < 4.78 is 0. The van der Waals surface area contributed by atoms with Crippen molar-refractivity contribution in [3.63, 3.8) is 0 Å². The van der Waals surface area contributed by atoms with Gasteiger partial charge in [0.05, 0.1) is 5.25 Å². The lowest BCUT2D eigenvalue weighted by molar-refractivity contribution is -0.115. The normalized spacial score (nSPS) is 11.8. The monoisotopic (exact) mass is 407 g/mol. The minimum Gasteiger partial charge on any atom is -0.325 e. The van der Waals surface area contributed by atoms with Gasteiger partial charge in [0.15, 0.2) is 0 Å². The summed E-state index contributed by atoms with van der Waals surface area (Å²) in [5.74, 6) is 0.943. The maximum absolute atomic E-state index is 12.6. The summed E-state index contributed by atoms with van der Waals surface area (Å²) in [7, 11) is 0. The second kappa shape index (κ2) is 9.85. The van der Waals surface area contributed by atoms with E-state index in [1.54, 1.807) is 11.8 Å². The Balaban J connectivity index is 1.57. The van der Waals surface area contributed by atoms with Crippen molar-refractivity contribution in [1.29, 1.82) is 0 Å². The summed E-state index contributed by atoms with van der Waals surface area (Å²) in [4.78, 5) is 15.0. The molecule has 3 aromatic rings. The average molecular weight is 408 g/mol. The first-order valence-corrected chi connectivity index (χ1v) is 11.2. The zero-order chi connectivity index (χ0) is 19.9. The highest BCUT2D eigenvalue weighted by atomic mass is 32.2. The molecule has 0 spiro atoms. The van der Waals surface area contributed by atoms with Gasteiger partial charge in [0.2, 0.25) is 5.91 Å². The molecule has 3 rings (SSSR count). The van der Waals surface area contributed by atoms with E-state index in [9.17, 15) is 4.79 Å². The summed E-state index contributed by atoms with van der Waals surface area (Å²) in [5.41, 5.74) is 4.45. The molecule has 2 nitrogen and oxygen atoms in total. The number of carbonyl (C=O) groups is 1. The highest BCUT2D eigenvalue weighted by Gasteiger charge is 2.15. The number of benzene rings is 3. The minimum atomic E-state index is -0.157. The van der Waals surface area contributed by atoms with Crippen LogP contribution in [0, 0.1) is 13.8 Å². The van der Waals surface area contributed by atoms with Crippen LogP contribution in [0.3, 0.4) is 0 Å². The first-order chi connectivity index (χ1) is 13.5. The Labute approximate surface area is 176 Å². The van der Waals surface area contributed by atoms with Crippen molar-refractivity contribution >= 4 is 35.1 Å². The molecule has 4 heteroatoms. The predicted octanol–water partition coefficient (Wildman–Crippen LogP) is 6.72. The second-order valence-electron chi connectivity index (χ2n) is 6.81. The number of anilines is 1. The molecule has 0 aromatic heterocycles. The van der Waals surface area contributed by atoms with Crippen molar-refractivity contribution in [3.05, 3.63) is 89.5 Å². The van der Waals surface area contributed by atoms with Crippen LogP contribution in [0.2, 0.25) is 0 Å². The predicted molar refractivity (Wildman–Crippen MR) is 122 cm³/mol. The molecule has 0 bridgehead atoms. The molecule has 1 amide bonds. The highest BCUT2D eigenvalue weighted by Crippen LogP contribution is 2.27. The largest absolute Gasteiger partial charge is 0.325 e. The smallest absolute Gasteiger partial charge is 0.237 e. The SMILES string of the molecule is Cc1ccc(S[C@@H](C)C(=O)Nc2ccc(CSc3ccccc3)cc2C)cc1. The Hall–Kier alpha value is -2.17. The number of hydrogen-bond donors (Lipinski definition) is 1. The maximum Gasteiger partial charge on any atom is 0.237 e. The highest BCUT2D eigenvalue weighted by molar-refractivity contribution is 8.00. The van der Waals surface area contributed by atoms with Gasteiger partial charge in [0, 0.05) is 21.2 Å². The van der Waals surface area contributed by atoms with E-state index in [1.165, 1.54) is 16.0 Å². The number of hydrogen-bond acceptors (Lipinski definition) is 3. The fourth-order valence-corrected chi connectivity index (χ4v) is 4.48. The average Bonchev–Trinajstić information content (AvgIpc) is 2.70. The van der Waals surface area contributed by atoms with Gasteiger partial charge in [0.1, 0.15) is 0 Å². The van der Waals surface area contributed by atoms with Crippen LogP contribution >= 0.6 is 23.5 Å². The third kappa shape index (κ3) is 5.91. The molecule has 0 aliphatic carbocycles. The summed E-state index contributed by atoms with van der Waals surface area (Å²) >= 11 is 3.40. The number of carbonyl (C=O) groups excluding carboxylic acids is 1. The molecule has 0 saturated heterocycles. The lowest BCUT2D eigenvalue weighted by Gasteiger charge is -2.14. The van der Waals surface area contributed by atoms with Gasteiger partial charge in [-0.15, -0.1) is 23.5 Å². The number of nitrogens with one attached hydrogen (secondary N) is 1. The summed E-state index contributed by atoms with van der Waals surface area (Å²) in [5, 5.41) is 2.92.